The maximum Gasteiger partial charge on any atom is 0.222 e. The minimum Gasteiger partial charge on any atom is -0.380 e. The van der Waals surface area contributed by atoms with E-state index in [0.717, 1.165) is 5.69 Å². The molecule has 1 heterocycles. The molecule has 0 fully saturated rings. The number of ether oxygens (including phenoxy) is 1. The minimum absolute atomic E-state index is 0.0415. The quantitative estimate of drug-likeness (QED) is 0.682. The van der Waals surface area contributed by atoms with Crippen LogP contribution >= 0.6 is 0 Å². The third-order valence-electron chi connectivity index (χ3n) is 2.24. The van der Waals surface area contributed by atoms with Gasteiger partial charge >= 0.3 is 0 Å². The van der Waals surface area contributed by atoms with Crippen molar-refractivity contribution in [3.63, 3.8) is 0 Å². The Labute approximate surface area is 101 Å². The number of carbonyl (C=O) groups excluding carboxylic acids is 1. The second kappa shape index (κ2) is 7.76. The largest absolute Gasteiger partial charge is 0.380 e. The molecule has 1 aromatic rings. The summed E-state index contributed by atoms with van der Waals surface area (Å²) < 4.78 is 5.14. The van der Waals surface area contributed by atoms with E-state index in [-0.39, 0.29) is 11.9 Å². The van der Waals surface area contributed by atoms with Gasteiger partial charge in [-0.1, -0.05) is 6.07 Å². The van der Waals surface area contributed by atoms with E-state index in [1.807, 2.05) is 25.1 Å². The second-order valence-electron chi connectivity index (χ2n) is 3.69. The number of rotatable bonds is 7. The lowest BCUT2D eigenvalue weighted by Crippen LogP contribution is -2.28. The van der Waals surface area contributed by atoms with Gasteiger partial charge in [0.2, 0.25) is 5.91 Å². The monoisotopic (exact) mass is 237 g/mol. The van der Waals surface area contributed by atoms with Crippen LogP contribution in [0, 0.1) is 0 Å². The molecule has 0 spiro atoms. The van der Waals surface area contributed by atoms with Gasteiger partial charge in [-0.05, 0) is 19.1 Å². The summed E-state index contributed by atoms with van der Waals surface area (Å²) >= 11 is 0. The molecule has 0 saturated carbocycles. The van der Waals surface area contributed by atoms with Crippen LogP contribution in [0.25, 0.3) is 0 Å². The number of nitrogens with one attached hydrogen (secondary N) is 1. The number of hydrogen-bond donors (Lipinski definition) is 2. The van der Waals surface area contributed by atoms with E-state index in [1.165, 1.54) is 0 Å². The highest BCUT2D eigenvalue weighted by Gasteiger charge is 2.09. The normalized spacial score (nSPS) is 12.1. The second-order valence-corrected chi connectivity index (χ2v) is 3.69. The number of nitrogens with zero attached hydrogens (tertiary/aromatic N) is 1. The van der Waals surface area contributed by atoms with Gasteiger partial charge in [0.15, 0.2) is 0 Å². The predicted octanol–water partition coefficient (Wildman–Crippen LogP) is 0.624. The molecule has 1 rings (SSSR count). The molecule has 1 aromatic heterocycles. The maximum atomic E-state index is 11.5. The first kappa shape index (κ1) is 13.6. The molecule has 94 valence electrons. The zero-order valence-corrected chi connectivity index (χ0v) is 10.1. The van der Waals surface area contributed by atoms with Gasteiger partial charge in [-0.25, -0.2) is 0 Å². The van der Waals surface area contributed by atoms with Crippen molar-refractivity contribution in [2.45, 2.75) is 19.4 Å². The lowest BCUT2D eigenvalue weighted by atomic mass is 10.2. The summed E-state index contributed by atoms with van der Waals surface area (Å²) in [7, 11) is 0. The van der Waals surface area contributed by atoms with Crippen LogP contribution in [0.15, 0.2) is 24.4 Å². The first-order chi connectivity index (χ1) is 8.24. The molecular formula is C12H19N3O2. The molecule has 0 aliphatic rings. The smallest absolute Gasteiger partial charge is 0.222 e. The molecular weight excluding hydrogens is 218 g/mol. The fraction of sp³-hybridized carbons (Fsp3) is 0.500. The first-order valence-electron chi connectivity index (χ1n) is 5.72. The molecule has 1 atom stereocenters. The average molecular weight is 237 g/mol. The first-order valence-corrected chi connectivity index (χ1v) is 5.72. The molecule has 5 nitrogen and oxygen atoms in total. The number of carbonyl (C=O) groups is 1. The molecule has 3 N–H and O–H groups in total. The van der Waals surface area contributed by atoms with Gasteiger partial charge in [0, 0.05) is 19.2 Å². The van der Waals surface area contributed by atoms with Crippen LogP contribution in [0.3, 0.4) is 0 Å². The van der Waals surface area contributed by atoms with E-state index in [1.54, 1.807) is 6.20 Å². The number of pyridine rings is 1. The van der Waals surface area contributed by atoms with Crippen LogP contribution in [0.2, 0.25) is 0 Å². The highest BCUT2D eigenvalue weighted by molar-refractivity contribution is 5.76. The molecule has 0 bridgehead atoms. The van der Waals surface area contributed by atoms with Crippen LogP contribution in [-0.2, 0) is 9.53 Å². The lowest BCUT2D eigenvalue weighted by molar-refractivity contribution is -0.122. The summed E-state index contributed by atoms with van der Waals surface area (Å²) in [6.45, 7) is 3.27. The van der Waals surface area contributed by atoms with Crippen LogP contribution in [-0.4, -0.2) is 30.6 Å². The number of nitrogens with two attached hydrogens (primary N) is 1. The van der Waals surface area contributed by atoms with Crippen LogP contribution in [0.1, 0.15) is 25.1 Å². The van der Waals surface area contributed by atoms with Crippen LogP contribution in [0.4, 0.5) is 0 Å². The van der Waals surface area contributed by atoms with Gasteiger partial charge in [0.1, 0.15) is 0 Å². The van der Waals surface area contributed by atoms with E-state index in [4.69, 9.17) is 10.5 Å². The molecule has 17 heavy (non-hydrogen) atoms. The van der Waals surface area contributed by atoms with E-state index < -0.39 is 0 Å². The van der Waals surface area contributed by atoms with Crippen molar-refractivity contribution in [1.29, 1.82) is 0 Å². The van der Waals surface area contributed by atoms with Gasteiger partial charge in [-0.2, -0.15) is 0 Å². The van der Waals surface area contributed by atoms with Crippen molar-refractivity contribution in [2.75, 3.05) is 19.8 Å². The Morgan fingerprint density at radius 2 is 2.35 bits per heavy atom. The third-order valence-corrected chi connectivity index (χ3v) is 2.24. The highest BCUT2D eigenvalue weighted by Crippen LogP contribution is 2.07. The fourth-order valence-electron chi connectivity index (χ4n) is 1.37. The Morgan fingerprint density at radius 1 is 1.53 bits per heavy atom. The Kier molecular flexibility index (Phi) is 6.21. The summed E-state index contributed by atoms with van der Waals surface area (Å²) in [5, 5.41) is 2.86. The van der Waals surface area contributed by atoms with Gasteiger partial charge in [-0.3, -0.25) is 9.78 Å². The molecule has 1 unspecified atom stereocenters. The average Bonchev–Trinajstić information content (AvgIpc) is 2.36. The zero-order valence-electron chi connectivity index (χ0n) is 10.1. The summed E-state index contributed by atoms with van der Waals surface area (Å²) in [5.74, 6) is -0.0415. The molecule has 0 aromatic carbocycles. The van der Waals surface area contributed by atoms with E-state index in [0.29, 0.717) is 26.2 Å². The minimum atomic E-state index is -0.0850. The van der Waals surface area contributed by atoms with E-state index >= 15 is 0 Å². The molecule has 0 aliphatic carbocycles. The van der Waals surface area contributed by atoms with Crippen LogP contribution < -0.4 is 11.1 Å². The van der Waals surface area contributed by atoms with E-state index in [2.05, 4.69) is 10.3 Å². The molecule has 1 amide bonds. The van der Waals surface area contributed by atoms with E-state index in [9.17, 15) is 4.79 Å². The molecule has 0 radical (unpaired) electrons. The summed E-state index contributed by atoms with van der Waals surface area (Å²) in [5.41, 5.74) is 6.12. The molecule has 5 heteroatoms. The topological polar surface area (TPSA) is 77.2 Å². The third kappa shape index (κ3) is 5.42. The number of aromatic nitrogens is 1. The molecule has 0 aliphatic heterocycles. The number of amides is 1. The summed E-state index contributed by atoms with van der Waals surface area (Å²) in [4.78, 5) is 15.7. The van der Waals surface area contributed by atoms with Gasteiger partial charge in [0.25, 0.3) is 0 Å². The predicted molar refractivity (Wildman–Crippen MR) is 65.3 cm³/mol. The van der Waals surface area contributed by atoms with Crippen molar-refractivity contribution in [3.05, 3.63) is 30.1 Å². The van der Waals surface area contributed by atoms with Crippen molar-refractivity contribution in [2.24, 2.45) is 5.73 Å². The Morgan fingerprint density at radius 3 is 3.00 bits per heavy atom. The lowest BCUT2D eigenvalue weighted by Gasteiger charge is -2.13. The van der Waals surface area contributed by atoms with Crippen LogP contribution in [0.5, 0.6) is 0 Å². The highest BCUT2D eigenvalue weighted by atomic mass is 16.5. The summed E-state index contributed by atoms with van der Waals surface area (Å²) in [6, 6.07) is 5.54. The Bertz CT molecular complexity index is 330. The standard InChI is InChI=1S/C12H19N3O2/c1-10(11-4-2-3-7-14-11)15-12(16)5-8-17-9-6-13/h2-4,7,10H,5-6,8-9,13H2,1H3,(H,15,16). The van der Waals surface area contributed by atoms with Crippen molar-refractivity contribution >= 4 is 5.91 Å². The zero-order chi connectivity index (χ0) is 12.5. The maximum absolute atomic E-state index is 11.5. The van der Waals surface area contributed by atoms with Gasteiger partial charge in [-0.15, -0.1) is 0 Å². The van der Waals surface area contributed by atoms with Crippen molar-refractivity contribution < 1.29 is 9.53 Å². The Hall–Kier alpha value is -1.46. The molecule has 0 saturated heterocycles. The number of hydrogen-bond acceptors (Lipinski definition) is 4. The summed E-state index contributed by atoms with van der Waals surface area (Å²) in [6.07, 6.45) is 2.06. The SMILES string of the molecule is CC(NC(=O)CCOCCN)c1ccccn1. The Balaban J connectivity index is 2.26. The van der Waals surface area contributed by atoms with Gasteiger partial charge in [0.05, 0.1) is 24.9 Å². The van der Waals surface area contributed by atoms with Crippen molar-refractivity contribution in [1.82, 2.24) is 10.3 Å². The fourth-order valence-corrected chi connectivity index (χ4v) is 1.37. The van der Waals surface area contributed by atoms with Crippen molar-refractivity contribution in [3.8, 4) is 0 Å². The van der Waals surface area contributed by atoms with Gasteiger partial charge < -0.3 is 15.8 Å².